The molecule has 0 bridgehead atoms. The lowest BCUT2D eigenvalue weighted by atomic mass is 10.1. The summed E-state index contributed by atoms with van der Waals surface area (Å²) >= 11 is 0. The number of hydrogen-bond acceptors (Lipinski definition) is 3. The number of carbonyl (C=O) groups is 2. The second kappa shape index (κ2) is 6.44. The van der Waals surface area contributed by atoms with Crippen LogP contribution >= 0.6 is 0 Å². The molecule has 6 nitrogen and oxygen atoms in total. The third-order valence-electron chi connectivity index (χ3n) is 3.08. The molecule has 0 aromatic carbocycles. The van der Waals surface area contributed by atoms with E-state index in [0.29, 0.717) is 6.42 Å². The monoisotopic (exact) mass is 243 g/mol. The van der Waals surface area contributed by atoms with Gasteiger partial charge in [-0.1, -0.05) is 0 Å². The van der Waals surface area contributed by atoms with Gasteiger partial charge in [0.15, 0.2) is 0 Å². The first-order chi connectivity index (χ1) is 8.06. The van der Waals surface area contributed by atoms with Gasteiger partial charge in [-0.05, 0) is 32.6 Å². The van der Waals surface area contributed by atoms with Gasteiger partial charge in [-0.2, -0.15) is 0 Å². The zero-order valence-electron chi connectivity index (χ0n) is 10.2. The molecule has 1 rings (SSSR count). The Morgan fingerprint density at radius 2 is 2.29 bits per heavy atom. The number of rotatable bonds is 5. The van der Waals surface area contributed by atoms with E-state index in [1.54, 1.807) is 11.8 Å². The molecule has 1 fully saturated rings. The fourth-order valence-electron chi connectivity index (χ4n) is 2.28. The first kappa shape index (κ1) is 13.8. The first-order valence-electron chi connectivity index (χ1n) is 6.03. The van der Waals surface area contributed by atoms with Crippen LogP contribution in [-0.4, -0.2) is 47.2 Å². The van der Waals surface area contributed by atoms with Crippen LogP contribution in [0, 0.1) is 0 Å². The highest BCUT2D eigenvalue weighted by atomic mass is 16.3. The lowest BCUT2D eigenvalue weighted by molar-refractivity contribution is -0.133. The Balaban J connectivity index is 2.51. The van der Waals surface area contributed by atoms with E-state index in [4.69, 9.17) is 10.8 Å². The van der Waals surface area contributed by atoms with Gasteiger partial charge >= 0.3 is 6.03 Å². The van der Waals surface area contributed by atoms with Crippen LogP contribution in [0.4, 0.5) is 4.79 Å². The van der Waals surface area contributed by atoms with Gasteiger partial charge in [0.2, 0.25) is 5.91 Å². The number of nitrogens with two attached hydrogens (primary N) is 1. The Kier molecular flexibility index (Phi) is 5.21. The van der Waals surface area contributed by atoms with Crippen LogP contribution in [0.2, 0.25) is 0 Å². The smallest absolute Gasteiger partial charge is 0.312 e. The highest BCUT2D eigenvalue weighted by molar-refractivity contribution is 5.86. The molecule has 1 aliphatic heterocycles. The maximum Gasteiger partial charge on any atom is 0.312 e. The maximum atomic E-state index is 12.0. The highest BCUT2D eigenvalue weighted by Crippen LogP contribution is 2.21. The molecule has 1 saturated heterocycles. The topological polar surface area (TPSA) is 95.7 Å². The van der Waals surface area contributed by atoms with E-state index in [0.717, 1.165) is 25.8 Å². The van der Waals surface area contributed by atoms with Gasteiger partial charge in [0.05, 0.1) is 0 Å². The van der Waals surface area contributed by atoms with Crippen molar-refractivity contribution in [3.63, 3.8) is 0 Å². The van der Waals surface area contributed by atoms with Gasteiger partial charge in [-0.15, -0.1) is 0 Å². The molecular weight excluding hydrogens is 222 g/mol. The van der Waals surface area contributed by atoms with Gasteiger partial charge in [0.1, 0.15) is 6.04 Å². The normalized spacial score (nSPS) is 21.3. The van der Waals surface area contributed by atoms with Gasteiger partial charge in [0, 0.05) is 19.2 Å². The number of nitrogens with one attached hydrogen (secondary N) is 1. The summed E-state index contributed by atoms with van der Waals surface area (Å²) in [7, 11) is 0. The molecule has 2 atom stereocenters. The van der Waals surface area contributed by atoms with E-state index in [1.165, 1.54) is 0 Å². The molecule has 0 aromatic rings. The Hall–Kier alpha value is -1.30. The zero-order valence-corrected chi connectivity index (χ0v) is 10.2. The second-order valence-corrected chi connectivity index (χ2v) is 4.42. The number of aliphatic hydroxyl groups is 1. The van der Waals surface area contributed by atoms with E-state index in [9.17, 15) is 9.59 Å². The molecule has 4 N–H and O–H groups in total. The Morgan fingerprint density at radius 1 is 1.59 bits per heavy atom. The summed E-state index contributed by atoms with van der Waals surface area (Å²) in [5.41, 5.74) is 4.99. The van der Waals surface area contributed by atoms with E-state index < -0.39 is 12.1 Å². The summed E-state index contributed by atoms with van der Waals surface area (Å²) in [6.07, 6.45) is 3.46. The number of hydrogen-bond donors (Lipinski definition) is 3. The third kappa shape index (κ3) is 3.89. The Labute approximate surface area is 101 Å². The molecule has 1 heterocycles. The maximum absolute atomic E-state index is 12.0. The van der Waals surface area contributed by atoms with E-state index >= 15 is 0 Å². The minimum absolute atomic E-state index is 0.0933. The zero-order chi connectivity index (χ0) is 12.8. The van der Waals surface area contributed by atoms with Crippen molar-refractivity contribution in [3.05, 3.63) is 0 Å². The molecule has 3 amide bonds. The average Bonchev–Trinajstić information content (AvgIpc) is 2.72. The molecule has 0 spiro atoms. The van der Waals surface area contributed by atoms with Crippen molar-refractivity contribution >= 4 is 11.9 Å². The predicted octanol–water partition coefficient (Wildman–Crippen LogP) is -0.193. The summed E-state index contributed by atoms with van der Waals surface area (Å²) in [5, 5.41) is 11.2. The number of carbonyl (C=O) groups excluding carboxylic acids is 2. The summed E-state index contributed by atoms with van der Waals surface area (Å²) in [4.78, 5) is 24.5. The fraction of sp³-hybridized carbons (Fsp3) is 0.818. The van der Waals surface area contributed by atoms with Crippen LogP contribution < -0.4 is 11.1 Å². The number of aliphatic hydroxyl groups excluding tert-OH is 1. The average molecular weight is 243 g/mol. The second-order valence-electron chi connectivity index (χ2n) is 4.42. The number of amides is 3. The van der Waals surface area contributed by atoms with Crippen molar-refractivity contribution in [1.29, 1.82) is 0 Å². The van der Waals surface area contributed by atoms with Gasteiger partial charge in [0.25, 0.3) is 0 Å². The van der Waals surface area contributed by atoms with Crippen LogP contribution in [-0.2, 0) is 4.79 Å². The Bertz CT molecular complexity index is 283. The minimum atomic E-state index is -0.683. The highest BCUT2D eigenvalue weighted by Gasteiger charge is 2.31. The third-order valence-corrected chi connectivity index (χ3v) is 3.08. The molecule has 6 heteroatoms. The van der Waals surface area contributed by atoms with E-state index in [-0.39, 0.29) is 18.6 Å². The molecular formula is C11H21N3O3. The standard InChI is InChI=1S/C11H21N3O3/c1-8(13-11(12)17)10(16)14-6-2-4-9(14)5-3-7-15/h8-9,15H,2-7H2,1H3,(H3,12,13,17). The number of nitrogens with zero attached hydrogens (tertiary/aromatic N) is 1. The van der Waals surface area contributed by atoms with Crippen molar-refractivity contribution in [2.24, 2.45) is 5.73 Å². The molecule has 0 aliphatic carbocycles. The minimum Gasteiger partial charge on any atom is -0.396 e. The molecule has 2 unspecified atom stereocenters. The fourth-order valence-corrected chi connectivity index (χ4v) is 2.28. The van der Waals surface area contributed by atoms with Crippen molar-refractivity contribution in [1.82, 2.24) is 10.2 Å². The van der Waals surface area contributed by atoms with Gasteiger partial charge in [-0.25, -0.2) is 4.79 Å². The summed E-state index contributed by atoms with van der Waals surface area (Å²) < 4.78 is 0. The molecule has 17 heavy (non-hydrogen) atoms. The van der Waals surface area contributed by atoms with Gasteiger partial charge < -0.3 is 21.1 Å². The summed E-state index contributed by atoms with van der Waals surface area (Å²) in [6.45, 7) is 2.50. The summed E-state index contributed by atoms with van der Waals surface area (Å²) in [5.74, 6) is -0.0933. The van der Waals surface area contributed by atoms with Crippen molar-refractivity contribution in [2.45, 2.75) is 44.7 Å². The predicted molar refractivity (Wildman–Crippen MR) is 63.2 cm³/mol. The van der Waals surface area contributed by atoms with E-state index in [2.05, 4.69) is 5.32 Å². The SMILES string of the molecule is CC(NC(N)=O)C(=O)N1CCCC1CCCO. The van der Waals surface area contributed by atoms with Crippen molar-refractivity contribution < 1.29 is 14.7 Å². The Morgan fingerprint density at radius 3 is 2.88 bits per heavy atom. The number of urea groups is 1. The van der Waals surface area contributed by atoms with Gasteiger partial charge in [-0.3, -0.25) is 4.79 Å². The quantitative estimate of drug-likeness (QED) is 0.624. The van der Waals surface area contributed by atoms with Crippen LogP contribution in [0.25, 0.3) is 0 Å². The molecule has 0 radical (unpaired) electrons. The lowest BCUT2D eigenvalue weighted by Gasteiger charge is -2.27. The van der Waals surface area contributed by atoms with Crippen LogP contribution in [0.1, 0.15) is 32.6 Å². The molecule has 1 aliphatic rings. The number of primary amides is 1. The van der Waals surface area contributed by atoms with Crippen molar-refractivity contribution in [2.75, 3.05) is 13.2 Å². The summed E-state index contributed by atoms with van der Waals surface area (Å²) in [6, 6.07) is -1.08. The largest absolute Gasteiger partial charge is 0.396 e. The number of likely N-dealkylation sites (tertiary alicyclic amines) is 1. The molecule has 98 valence electrons. The van der Waals surface area contributed by atoms with Crippen molar-refractivity contribution in [3.8, 4) is 0 Å². The first-order valence-corrected chi connectivity index (χ1v) is 6.03. The lowest BCUT2D eigenvalue weighted by Crippen LogP contribution is -2.49. The van der Waals surface area contributed by atoms with E-state index in [1.807, 2.05) is 0 Å². The molecule has 0 saturated carbocycles. The van der Waals surface area contributed by atoms with Crippen LogP contribution in [0.5, 0.6) is 0 Å². The van der Waals surface area contributed by atoms with Crippen LogP contribution in [0.15, 0.2) is 0 Å². The van der Waals surface area contributed by atoms with Crippen LogP contribution in [0.3, 0.4) is 0 Å². The molecule has 0 aromatic heterocycles.